The van der Waals surface area contributed by atoms with E-state index in [2.05, 4.69) is 20.2 Å². The van der Waals surface area contributed by atoms with Crippen molar-refractivity contribution in [1.29, 1.82) is 0 Å². The number of aromatic carboxylic acids is 1. The Kier molecular flexibility index (Phi) is 5.29. The first-order chi connectivity index (χ1) is 15.8. The molecule has 33 heavy (non-hydrogen) atoms. The maximum atomic E-state index is 13.2. The van der Waals surface area contributed by atoms with Gasteiger partial charge < -0.3 is 24.2 Å². The summed E-state index contributed by atoms with van der Waals surface area (Å²) in [5.41, 5.74) is 0.638. The van der Waals surface area contributed by atoms with Gasteiger partial charge in [0.2, 0.25) is 5.88 Å². The molecule has 174 valence electrons. The highest BCUT2D eigenvalue weighted by molar-refractivity contribution is 6.04. The van der Waals surface area contributed by atoms with Crippen LogP contribution in [0.3, 0.4) is 0 Å². The molecule has 2 amide bonds. The van der Waals surface area contributed by atoms with Crippen LogP contribution in [0.5, 0.6) is 5.88 Å². The summed E-state index contributed by atoms with van der Waals surface area (Å²) in [5.74, 6) is -0.768. The summed E-state index contributed by atoms with van der Waals surface area (Å²) < 4.78 is 17.0. The minimum Gasteiger partial charge on any atom is -0.477 e. The van der Waals surface area contributed by atoms with E-state index < -0.39 is 17.8 Å². The van der Waals surface area contributed by atoms with E-state index in [0.717, 1.165) is 18.7 Å². The first-order valence-electron chi connectivity index (χ1n) is 10.8. The van der Waals surface area contributed by atoms with Crippen molar-refractivity contribution in [2.24, 2.45) is 0 Å². The molecule has 11 nitrogen and oxygen atoms in total. The van der Waals surface area contributed by atoms with Gasteiger partial charge in [-0.2, -0.15) is 4.98 Å². The third kappa shape index (κ3) is 4.29. The zero-order valence-electron chi connectivity index (χ0n) is 18.4. The van der Waals surface area contributed by atoms with E-state index in [4.69, 9.17) is 14.2 Å². The number of carbonyl (C=O) groups is 2. The highest BCUT2D eigenvalue weighted by Gasteiger charge is 2.40. The number of nitrogens with one attached hydrogen (secondary N) is 1. The summed E-state index contributed by atoms with van der Waals surface area (Å²) in [6, 6.07) is 7.73. The Labute approximate surface area is 190 Å². The second-order valence-corrected chi connectivity index (χ2v) is 8.66. The summed E-state index contributed by atoms with van der Waals surface area (Å²) in [5, 5.41) is 12.1. The Hall–Kier alpha value is -3.44. The average Bonchev–Trinajstić information content (AvgIpc) is 3.35. The largest absolute Gasteiger partial charge is 0.477 e. The molecule has 3 aliphatic rings. The van der Waals surface area contributed by atoms with E-state index in [9.17, 15) is 14.7 Å². The number of aromatic nitrogens is 2. The minimum atomic E-state index is -1.14. The van der Waals surface area contributed by atoms with Crippen LogP contribution in [-0.2, 0) is 9.47 Å². The zero-order chi connectivity index (χ0) is 23.2. The molecule has 2 fully saturated rings. The molecule has 11 heteroatoms. The molecule has 0 aromatic carbocycles. The van der Waals surface area contributed by atoms with Gasteiger partial charge >= 0.3 is 12.0 Å². The summed E-state index contributed by atoms with van der Waals surface area (Å²) in [6.45, 7) is 5.84. The Bertz CT molecular complexity index is 1090. The molecule has 2 N–H and O–H groups in total. The molecule has 0 aliphatic carbocycles. The van der Waals surface area contributed by atoms with Gasteiger partial charge in [0.25, 0.3) is 0 Å². The molecule has 0 spiro atoms. The Morgan fingerprint density at radius 2 is 2.12 bits per heavy atom. The molecule has 2 bridgehead atoms. The number of nitrogens with zero attached hydrogens (tertiary/aromatic N) is 4. The maximum absolute atomic E-state index is 13.2. The Balaban J connectivity index is 1.31. The van der Waals surface area contributed by atoms with Crippen LogP contribution in [0.1, 0.15) is 30.8 Å². The van der Waals surface area contributed by atoms with Crippen molar-refractivity contribution in [2.45, 2.75) is 38.2 Å². The van der Waals surface area contributed by atoms with Gasteiger partial charge in [0.1, 0.15) is 18.5 Å². The fourth-order valence-electron chi connectivity index (χ4n) is 4.35. The fourth-order valence-corrected chi connectivity index (χ4v) is 4.35. The Morgan fingerprint density at radius 1 is 1.27 bits per heavy atom. The number of urea groups is 1. The van der Waals surface area contributed by atoms with Crippen LogP contribution in [-0.4, -0.2) is 71.3 Å². The highest BCUT2D eigenvalue weighted by Crippen LogP contribution is 2.39. The average molecular weight is 455 g/mol. The van der Waals surface area contributed by atoms with Gasteiger partial charge in [0.15, 0.2) is 17.3 Å². The lowest BCUT2D eigenvalue weighted by atomic mass is 10.2. The molecule has 3 aliphatic heterocycles. The van der Waals surface area contributed by atoms with E-state index in [1.54, 1.807) is 24.3 Å². The second kappa shape index (κ2) is 8.16. The zero-order valence-corrected chi connectivity index (χ0v) is 18.4. The summed E-state index contributed by atoms with van der Waals surface area (Å²) in [7, 11) is 0. The van der Waals surface area contributed by atoms with Crippen molar-refractivity contribution in [3.63, 3.8) is 0 Å². The number of carbonyl (C=O) groups excluding carboxylic acids is 1. The van der Waals surface area contributed by atoms with Gasteiger partial charge in [-0.05, 0) is 38.5 Å². The van der Waals surface area contributed by atoms with Crippen molar-refractivity contribution < 1.29 is 28.9 Å². The number of fused-ring (bicyclic) bond motifs is 4. The standard InChI is InChI=1S/C22H25N5O6/c1-22(2)32-12-14(33-22)11-31-18-5-3-4-17(24-18)25-21(30)27-13-8-9-26(10-13)16-7-6-15(20(28)29)23-19(16)27/h3-7,13-14H,8-12H2,1-2H3,(H,28,29)(H,24,25,30)/t13-,14-/m0/s1. The van der Waals surface area contributed by atoms with Crippen LogP contribution in [0, 0.1) is 0 Å². The van der Waals surface area contributed by atoms with E-state index in [0.29, 0.717) is 30.7 Å². The molecule has 2 aromatic rings. The third-order valence-electron chi connectivity index (χ3n) is 5.83. The fraction of sp³-hybridized carbons (Fsp3) is 0.455. The molecule has 0 radical (unpaired) electrons. The van der Waals surface area contributed by atoms with Crippen LogP contribution < -0.4 is 19.9 Å². The van der Waals surface area contributed by atoms with Gasteiger partial charge in [-0.25, -0.2) is 14.6 Å². The number of hydrogen-bond acceptors (Lipinski definition) is 8. The van der Waals surface area contributed by atoms with Gasteiger partial charge in [0, 0.05) is 19.2 Å². The molecule has 0 unspecified atom stereocenters. The molecular formula is C22H25N5O6. The number of hydrogen-bond donors (Lipinski definition) is 2. The van der Waals surface area contributed by atoms with E-state index in [1.165, 1.54) is 11.0 Å². The molecule has 0 saturated carbocycles. The Morgan fingerprint density at radius 3 is 2.88 bits per heavy atom. The number of ether oxygens (including phenoxy) is 3. The molecular weight excluding hydrogens is 430 g/mol. The van der Waals surface area contributed by atoms with E-state index >= 15 is 0 Å². The van der Waals surface area contributed by atoms with E-state index in [-0.39, 0.29) is 24.4 Å². The number of pyridine rings is 2. The molecule has 5 heterocycles. The lowest BCUT2D eigenvalue weighted by Gasteiger charge is -2.35. The van der Waals surface area contributed by atoms with Crippen LogP contribution in [0.2, 0.25) is 0 Å². The van der Waals surface area contributed by atoms with Crippen LogP contribution in [0.4, 0.5) is 22.1 Å². The number of carboxylic acid groups (broad SMARTS) is 1. The number of anilines is 3. The normalized spacial score (nSPS) is 22.7. The number of rotatable bonds is 5. The smallest absolute Gasteiger partial charge is 0.354 e. The first kappa shape index (κ1) is 21.4. The van der Waals surface area contributed by atoms with E-state index in [1.807, 2.05) is 13.8 Å². The van der Waals surface area contributed by atoms with Gasteiger partial charge in [-0.1, -0.05) is 6.07 Å². The maximum Gasteiger partial charge on any atom is 0.354 e. The lowest BCUT2D eigenvalue weighted by Crippen LogP contribution is -2.48. The topological polar surface area (TPSA) is 126 Å². The minimum absolute atomic E-state index is 0.101. The highest BCUT2D eigenvalue weighted by atomic mass is 16.7. The predicted octanol–water partition coefficient (Wildman–Crippen LogP) is 2.34. The first-order valence-corrected chi connectivity index (χ1v) is 10.8. The molecule has 2 saturated heterocycles. The SMILES string of the molecule is CC1(C)OC[C@H](COc2cccc(NC(=O)N3c4nc(C(=O)O)ccc4N4CC[C@H]3C4)n2)O1. The van der Waals surface area contributed by atoms with Crippen LogP contribution in [0.15, 0.2) is 30.3 Å². The quantitative estimate of drug-likeness (QED) is 0.698. The lowest BCUT2D eigenvalue weighted by molar-refractivity contribution is -0.141. The molecule has 5 rings (SSSR count). The van der Waals surface area contributed by atoms with Gasteiger partial charge in [-0.15, -0.1) is 0 Å². The molecule has 2 atom stereocenters. The number of amides is 2. The van der Waals surface area contributed by atoms with Crippen LogP contribution >= 0.6 is 0 Å². The third-order valence-corrected chi connectivity index (χ3v) is 5.83. The number of carboxylic acids is 1. The summed E-state index contributed by atoms with van der Waals surface area (Å²) >= 11 is 0. The van der Waals surface area contributed by atoms with Crippen molar-refractivity contribution in [2.75, 3.05) is 41.4 Å². The monoisotopic (exact) mass is 455 g/mol. The molecule has 2 aromatic heterocycles. The van der Waals surface area contributed by atoms with Gasteiger partial charge in [0.05, 0.1) is 18.3 Å². The van der Waals surface area contributed by atoms with Gasteiger partial charge in [-0.3, -0.25) is 10.2 Å². The summed E-state index contributed by atoms with van der Waals surface area (Å²) in [6.07, 6.45) is 0.562. The van der Waals surface area contributed by atoms with Crippen molar-refractivity contribution in [1.82, 2.24) is 9.97 Å². The van der Waals surface area contributed by atoms with Crippen molar-refractivity contribution in [3.8, 4) is 5.88 Å². The van der Waals surface area contributed by atoms with Crippen molar-refractivity contribution >= 4 is 29.3 Å². The summed E-state index contributed by atoms with van der Waals surface area (Å²) in [4.78, 5) is 36.9. The van der Waals surface area contributed by atoms with Crippen LogP contribution in [0.25, 0.3) is 0 Å². The predicted molar refractivity (Wildman–Crippen MR) is 118 cm³/mol. The second-order valence-electron chi connectivity index (χ2n) is 8.66. The van der Waals surface area contributed by atoms with Crippen molar-refractivity contribution in [3.05, 3.63) is 36.0 Å².